The summed E-state index contributed by atoms with van der Waals surface area (Å²) in [5.41, 5.74) is 2.80. The average Bonchev–Trinajstić information content (AvgIpc) is 2.85. The van der Waals surface area contributed by atoms with Gasteiger partial charge in [0.15, 0.2) is 0 Å². The Hall–Kier alpha value is -2.51. The predicted molar refractivity (Wildman–Crippen MR) is 144 cm³/mol. The molecule has 2 aromatic carbocycles. The first-order valence-corrected chi connectivity index (χ1v) is 12.6. The molecule has 35 heavy (non-hydrogen) atoms. The van der Waals surface area contributed by atoms with Crippen LogP contribution in [0, 0.1) is 13.8 Å². The number of hydrogen-bond acceptors (Lipinski definition) is 6. The predicted octanol–water partition coefficient (Wildman–Crippen LogP) is 5.21. The number of benzene rings is 2. The van der Waals surface area contributed by atoms with Crippen molar-refractivity contribution in [2.24, 2.45) is 0 Å². The Morgan fingerprint density at radius 1 is 1.14 bits per heavy atom. The van der Waals surface area contributed by atoms with Gasteiger partial charge in [0.1, 0.15) is 5.75 Å². The molecule has 0 spiro atoms. The van der Waals surface area contributed by atoms with Gasteiger partial charge >= 0.3 is 5.97 Å². The van der Waals surface area contributed by atoms with Gasteiger partial charge in [0.25, 0.3) is 0 Å². The Bertz CT molecular complexity index is 940. The molecule has 3 rings (SSSR count). The topological polar surface area (TPSA) is 67.9 Å². The van der Waals surface area contributed by atoms with Crippen molar-refractivity contribution in [3.05, 3.63) is 59.2 Å². The molecular formula is C28H40N2O4S. The van der Waals surface area contributed by atoms with E-state index >= 15 is 0 Å². The molecule has 6 nitrogen and oxygen atoms in total. The lowest BCUT2D eigenvalue weighted by Gasteiger charge is -2.43. The SMILES string of the molecule is COC(=O)c1ccc(S)cc1.Cc1ccc(C)c(OCCCC(C)(C)N(C=O)C2CCNCC2)c1. The zero-order valence-corrected chi connectivity index (χ0v) is 22.6. The Labute approximate surface area is 215 Å². The van der Waals surface area contributed by atoms with E-state index in [-0.39, 0.29) is 11.5 Å². The van der Waals surface area contributed by atoms with Crippen LogP contribution in [0.1, 0.15) is 61.0 Å². The summed E-state index contributed by atoms with van der Waals surface area (Å²) in [6.07, 6.45) is 5.01. The lowest BCUT2D eigenvalue weighted by molar-refractivity contribution is -0.127. The number of ether oxygens (including phenoxy) is 2. The highest BCUT2D eigenvalue weighted by Gasteiger charge is 2.31. The maximum Gasteiger partial charge on any atom is 0.337 e. The number of nitrogens with one attached hydrogen (secondary N) is 1. The molecule has 192 valence electrons. The van der Waals surface area contributed by atoms with Crippen LogP contribution in [0.3, 0.4) is 0 Å². The number of esters is 1. The molecule has 0 atom stereocenters. The van der Waals surface area contributed by atoms with Crippen molar-refractivity contribution in [2.75, 3.05) is 26.8 Å². The van der Waals surface area contributed by atoms with Gasteiger partial charge in [0, 0.05) is 16.5 Å². The van der Waals surface area contributed by atoms with E-state index in [1.54, 1.807) is 24.3 Å². The number of nitrogens with zero attached hydrogens (tertiary/aromatic N) is 1. The number of amides is 1. The van der Waals surface area contributed by atoms with Crippen molar-refractivity contribution in [3.63, 3.8) is 0 Å². The van der Waals surface area contributed by atoms with E-state index in [0.29, 0.717) is 18.2 Å². The third-order valence-electron chi connectivity index (χ3n) is 6.34. The highest BCUT2D eigenvalue weighted by molar-refractivity contribution is 7.80. The molecule has 1 N–H and O–H groups in total. The molecule has 2 aromatic rings. The Balaban J connectivity index is 0.000000328. The monoisotopic (exact) mass is 500 g/mol. The third kappa shape index (κ3) is 9.22. The van der Waals surface area contributed by atoms with Gasteiger partial charge in [0.2, 0.25) is 6.41 Å². The van der Waals surface area contributed by atoms with E-state index in [4.69, 9.17) is 4.74 Å². The van der Waals surface area contributed by atoms with Crippen LogP contribution in [-0.2, 0) is 9.53 Å². The van der Waals surface area contributed by atoms with Gasteiger partial charge in [-0.15, -0.1) is 12.6 Å². The fourth-order valence-electron chi connectivity index (χ4n) is 4.20. The van der Waals surface area contributed by atoms with E-state index < -0.39 is 0 Å². The van der Waals surface area contributed by atoms with E-state index in [2.05, 4.69) is 68.6 Å². The highest BCUT2D eigenvalue weighted by Crippen LogP contribution is 2.26. The van der Waals surface area contributed by atoms with Crippen molar-refractivity contribution >= 4 is 25.0 Å². The van der Waals surface area contributed by atoms with Gasteiger partial charge < -0.3 is 19.7 Å². The van der Waals surface area contributed by atoms with E-state index in [0.717, 1.165) is 55.8 Å². The van der Waals surface area contributed by atoms with E-state index in [1.165, 1.54) is 18.2 Å². The first kappa shape index (κ1) is 28.7. The lowest BCUT2D eigenvalue weighted by atomic mass is 9.92. The number of carbonyl (C=O) groups is 2. The van der Waals surface area contributed by atoms with Gasteiger partial charge in [-0.25, -0.2) is 4.79 Å². The maximum absolute atomic E-state index is 11.7. The summed E-state index contributed by atoms with van der Waals surface area (Å²) < 4.78 is 10.5. The molecule has 7 heteroatoms. The first-order valence-electron chi connectivity index (χ1n) is 12.2. The number of hydrogen-bond donors (Lipinski definition) is 2. The van der Waals surface area contributed by atoms with Gasteiger partial charge in [-0.3, -0.25) is 4.79 Å². The summed E-state index contributed by atoms with van der Waals surface area (Å²) in [7, 11) is 1.36. The van der Waals surface area contributed by atoms with E-state index in [9.17, 15) is 9.59 Å². The van der Waals surface area contributed by atoms with Crippen LogP contribution in [0.15, 0.2) is 47.4 Å². The summed E-state index contributed by atoms with van der Waals surface area (Å²) in [6.45, 7) is 11.2. The second-order valence-corrected chi connectivity index (χ2v) is 10.1. The Kier molecular flexibility index (Phi) is 11.6. The molecule has 0 radical (unpaired) electrons. The Morgan fingerprint density at radius 2 is 1.80 bits per heavy atom. The standard InChI is InChI=1S/C20H32N2O2.C8H8O2S/c1-16-6-7-17(2)19(14-16)24-13-5-10-20(3,4)22(15-23)18-8-11-21-12-9-18;1-10-8(9)6-2-4-7(11)5-3-6/h6-7,14-15,18,21H,5,8-13H2,1-4H3;2-5,11H,1H3. The number of thiol groups is 1. The number of aryl methyl sites for hydroxylation is 2. The highest BCUT2D eigenvalue weighted by atomic mass is 32.1. The van der Waals surface area contributed by atoms with Crippen LogP contribution in [0.5, 0.6) is 5.75 Å². The minimum atomic E-state index is -0.321. The molecule has 1 aliphatic rings. The van der Waals surface area contributed by atoms with Gasteiger partial charge in [-0.1, -0.05) is 12.1 Å². The second-order valence-electron chi connectivity index (χ2n) is 9.57. The molecule has 0 saturated carbocycles. The summed E-state index contributed by atoms with van der Waals surface area (Å²) >= 11 is 4.08. The quantitative estimate of drug-likeness (QED) is 0.214. The molecule has 1 amide bonds. The van der Waals surface area contributed by atoms with Crippen LogP contribution in [0.25, 0.3) is 0 Å². The average molecular weight is 501 g/mol. The zero-order chi connectivity index (χ0) is 25.8. The number of carbonyl (C=O) groups excluding carboxylic acids is 2. The van der Waals surface area contributed by atoms with Crippen molar-refractivity contribution < 1.29 is 19.1 Å². The minimum Gasteiger partial charge on any atom is -0.493 e. The summed E-state index contributed by atoms with van der Waals surface area (Å²) in [5.74, 6) is 0.650. The second kappa shape index (κ2) is 14.1. The molecule has 1 aliphatic heterocycles. The molecule has 0 unspecified atom stereocenters. The number of piperidine rings is 1. The molecule has 1 fully saturated rings. The summed E-state index contributed by atoms with van der Waals surface area (Å²) in [5, 5.41) is 3.36. The first-order chi connectivity index (χ1) is 16.7. The zero-order valence-electron chi connectivity index (χ0n) is 21.7. The minimum absolute atomic E-state index is 0.130. The molecule has 0 aromatic heterocycles. The maximum atomic E-state index is 11.7. The Morgan fingerprint density at radius 3 is 2.40 bits per heavy atom. The largest absolute Gasteiger partial charge is 0.493 e. The smallest absolute Gasteiger partial charge is 0.337 e. The van der Waals surface area contributed by atoms with Crippen LogP contribution in [-0.4, -0.2) is 55.7 Å². The van der Waals surface area contributed by atoms with Gasteiger partial charge in [-0.2, -0.15) is 0 Å². The van der Waals surface area contributed by atoms with Crippen LogP contribution in [0.4, 0.5) is 0 Å². The molecule has 1 heterocycles. The summed E-state index contributed by atoms with van der Waals surface area (Å²) in [4.78, 5) is 25.4. The third-order valence-corrected chi connectivity index (χ3v) is 6.64. The van der Waals surface area contributed by atoms with Crippen molar-refractivity contribution in [2.45, 2.75) is 69.9 Å². The van der Waals surface area contributed by atoms with E-state index in [1.807, 2.05) is 4.90 Å². The van der Waals surface area contributed by atoms with Crippen LogP contribution in [0.2, 0.25) is 0 Å². The number of methoxy groups -OCH3 is 1. The van der Waals surface area contributed by atoms with Crippen LogP contribution < -0.4 is 10.1 Å². The van der Waals surface area contributed by atoms with Gasteiger partial charge in [0.05, 0.1) is 19.3 Å². The summed E-state index contributed by atoms with van der Waals surface area (Å²) in [6, 6.07) is 13.5. The molecule has 0 aliphatic carbocycles. The lowest BCUT2D eigenvalue weighted by Crippen LogP contribution is -2.52. The molecule has 0 bridgehead atoms. The number of rotatable bonds is 9. The van der Waals surface area contributed by atoms with Gasteiger partial charge in [-0.05, 0) is 108 Å². The van der Waals surface area contributed by atoms with Crippen LogP contribution >= 0.6 is 12.6 Å². The normalized spacial score (nSPS) is 13.9. The fourth-order valence-corrected chi connectivity index (χ4v) is 4.35. The fraction of sp³-hybridized carbons (Fsp3) is 0.500. The van der Waals surface area contributed by atoms with Crippen molar-refractivity contribution in [3.8, 4) is 5.75 Å². The molecular weight excluding hydrogens is 460 g/mol. The molecule has 1 saturated heterocycles. The van der Waals surface area contributed by atoms with Crippen molar-refractivity contribution in [1.29, 1.82) is 0 Å². The van der Waals surface area contributed by atoms with Crippen molar-refractivity contribution in [1.82, 2.24) is 10.2 Å².